The minimum atomic E-state index is -3.34. The van der Waals surface area contributed by atoms with Crippen LogP contribution >= 0.6 is 0 Å². The Morgan fingerprint density at radius 2 is 1.61 bits per heavy atom. The average Bonchev–Trinajstić information content (AvgIpc) is 2.96. The number of benzene rings is 3. The standard InChI is InChI=1S/C33H33FN2O7S/c1-22(37)42-29-17-11-26(12-18-29)32-30(19-20-31(43-23(2)38)25-9-13-27(34)14-10-25)33(39)36(32)28-15-7-24(8-16-28)6-5-21-35(3)44(4,40)41/h7-18,30-32H,19-21H2,1-4H3. The molecule has 1 heterocycles. The second kappa shape index (κ2) is 13.8. The van der Waals surface area contributed by atoms with E-state index in [0.29, 0.717) is 35.4 Å². The summed E-state index contributed by atoms with van der Waals surface area (Å²) in [4.78, 5) is 38.5. The fourth-order valence-electron chi connectivity index (χ4n) is 4.98. The Morgan fingerprint density at radius 1 is 0.977 bits per heavy atom. The Bertz CT molecular complexity index is 1680. The second-order valence-corrected chi connectivity index (χ2v) is 12.6. The van der Waals surface area contributed by atoms with Gasteiger partial charge in [0.05, 0.1) is 24.8 Å². The van der Waals surface area contributed by atoms with Crippen molar-refractivity contribution in [1.29, 1.82) is 0 Å². The first-order chi connectivity index (χ1) is 20.8. The quantitative estimate of drug-likeness (QED) is 0.139. The average molecular weight is 621 g/mol. The highest BCUT2D eigenvalue weighted by atomic mass is 32.2. The smallest absolute Gasteiger partial charge is 0.308 e. The van der Waals surface area contributed by atoms with Gasteiger partial charge in [-0.3, -0.25) is 14.4 Å². The van der Waals surface area contributed by atoms with Gasteiger partial charge >= 0.3 is 11.9 Å². The van der Waals surface area contributed by atoms with Crippen molar-refractivity contribution in [3.63, 3.8) is 0 Å². The van der Waals surface area contributed by atoms with Crippen molar-refractivity contribution in [2.75, 3.05) is 24.7 Å². The summed E-state index contributed by atoms with van der Waals surface area (Å²) in [5.41, 5.74) is 2.76. The van der Waals surface area contributed by atoms with E-state index in [4.69, 9.17) is 9.47 Å². The Labute approximate surface area is 256 Å². The summed E-state index contributed by atoms with van der Waals surface area (Å²) in [5, 5.41) is 0. The topological polar surface area (TPSA) is 110 Å². The number of carbonyl (C=O) groups excluding carboxylic acids is 3. The molecule has 1 aliphatic rings. The van der Waals surface area contributed by atoms with Crippen molar-refractivity contribution < 1.29 is 36.7 Å². The number of halogens is 1. The zero-order chi connectivity index (χ0) is 32.0. The number of esters is 2. The van der Waals surface area contributed by atoms with Gasteiger partial charge in [0.25, 0.3) is 0 Å². The van der Waals surface area contributed by atoms with Crippen LogP contribution in [0, 0.1) is 23.6 Å². The van der Waals surface area contributed by atoms with E-state index in [9.17, 15) is 27.2 Å². The minimum Gasteiger partial charge on any atom is -0.458 e. The lowest BCUT2D eigenvalue weighted by molar-refractivity contribution is -0.147. The normalized spacial score (nSPS) is 16.9. The van der Waals surface area contributed by atoms with Gasteiger partial charge in [0.1, 0.15) is 17.7 Å². The molecule has 0 saturated carbocycles. The molecular formula is C33H33FN2O7S. The zero-order valence-corrected chi connectivity index (χ0v) is 25.6. The molecule has 1 aliphatic heterocycles. The van der Waals surface area contributed by atoms with Crippen LogP contribution in [0.1, 0.15) is 55.5 Å². The molecule has 4 rings (SSSR count). The summed E-state index contributed by atoms with van der Waals surface area (Å²) in [7, 11) is -1.88. The lowest BCUT2D eigenvalue weighted by atomic mass is 9.78. The SMILES string of the molecule is CC(=O)Oc1ccc(C2C(CCC(OC(C)=O)c3ccc(F)cc3)C(=O)N2c2ccc(C#CCN(C)S(C)(=O)=O)cc2)cc1. The Balaban J connectivity index is 1.57. The summed E-state index contributed by atoms with van der Waals surface area (Å²) in [6.07, 6.45) is 1.19. The summed E-state index contributed by atoms with van der Waals surface area (Å²) in [6.45, 7) is 2.66. The lowest BCUT2D eigenvalue weighted by Crippen LogP contribution is -2.55. The molecule has 0 bridgehead atoms. The molecule has 1 fully saturated rings. The molecule has 0 radical (unpaired) electrons. The van der Waals surface area contributed by atoms with Crippen LogP contribution < -0.4 is 9.64 Å². The van der Waals surface area contributed by atoms with Crippen molar-refractivity contribution in [2.45, 2.75) is 38.8 Å². The van der Waals surface area contributed by atoms with Crippen molar-refractivity contribution in [1.82, 2.24) is 4.31 Å². The second-order valence-electron chi connectivity index (χ2n) is 10.5. The fourth-order valence-corrected chi connectivity index (χ4v) is 5.28. The van der Waals surface area contributed by atoms with Gasteiger partial charge in [0.2, 0.25) is 15.9 Å². The number of ether oxygens (including phenoxy) is 2. The van der Waals surface area contributed by atoms with Gasteiger partial charge < -0.3 is 14.4 Å². The molecule has 0 spiro atoms. The highest BCUT2D eigenvalue weighted by Gasteiger charge is 2.48. The van der Waals surface area contributed by atoms with Crippen LogP contribution in [0.15, 0.2) is 72.8 Å². The Kier molecular flexibility index (Phi) is 10.2. The van der Waals surface area contributed by atoms with Crippen molar-refractivity contribution in [3.05, 3.63) is 95.3 Å². The predicted molar refractivity (Wildman–Crippen MR) is 162 cm³/mol. The van der Waals surface area contributed by atoms with E-state index in [0.717, 1.165) is 16.1 Å². The van der Waals surface area contributed by atoms with Gasteiger partial charge in [-0.1, -0.05) is 36.1 Å². The van der Waals surface area contributed by atoms with E-state index in [1.54, 1.807) is 65.6 Å². The molecular weight excluding hydrogens is 587 g/mol. The molecule has 3 aromatic carbocycles. The van der Waals surface area contributed by atoms with Crippen LogP contribution in [-0.4, -0.2) is 50.4 Å². The summed E-state index contributed by atoms with van der Waals surface area (Å²) < 4.78 is 48.5. The molecule has 1 saturated heterocycles. The molecule has 3 atom stereocenters. The molecule has 230 valence electrons. The monoisotopic (exact) mass is 620 g/mol. The highest BCUT2D eigenvalue weighted by molar-refractivity contribution is 7.88. The van der Waals surface area contributed by atoms with Crippen LogP contribution in [-0.2, 0) is 29.1 Å². The third-order valence-corrected chi connectivity index (χ3v) is 8.49. The van der Waals surface area contributed by atoms with Gasteiger partial charge in [-0.15, -0.1) is 0 Å². The van der Waals surface area contributed by atoms with Crippen LogP contribution in [0.2, 0.25) is 0 Å². The van der Waals surface area contributed by atoms with E-state index < -0.39 is 39.8 Å². The molecule has 0 N–H and O–H groups in total. The number of hydrogen-bond donors (Lipinski definition) is 0. The van der Waals surface area contributed by atoms with E-state index in [2.05, 4.69) is 11.8 Å². The van der Waals surface area contributed by atoms with Gasteiger partial charge in [0, 0.05) is 32.1 Å². The Hall–Kier alpha value is -4.53. The summed E-state index contributed by atoms with van der Waals surface area (Å²) in [6, 6.07) is 19.4. The van der Waals surface area contributed by atoms with Crippen molar-refractivity contribution >= 4 is 33.6 Å². The van der Waals surface area contributed by atoms with E-state index >= 15 is 0 Å². The van der Waals surface area contributed by atoms with Gasteiger partial charge in [-0.2, -0.15) is 4.31 Å². The minimum absolute atomic E-state index is 0.0462. The maximum absolute atomic E-state index is 13.6. The van der Waals surface area contributed by atoms with Gasteiger partial charge in [-0.05, 0) is 72.5 Å². The van der Waals surface area contributed by atoms with Crippen LogP contribution in [0.3, 0.4) is 0 Å². The van der Waals surface area contributed by atoms with E-state index in [-0.39, 0.29) is 18.5 Å². The van der Waals surface area contributed by atoms with Crippen LogP contribution in [0.25, 0.3) is 0 Å². The largest absolute Gasteiger partial charge is 0.458 e. The predicted octanol–water partition coefficient (Wildman–Crippen LogP) is 4.78. The molecule has 3 aromatic rings. The number of carbonyl (C=O) groups is 3. The first kappa shape index (κ1) is 32.4. The van der Waals surface area contributed by atoms with Crippen molar-refractivity contribution in [2.24, 2.45) is 5.92 Å². The molecule has 11 heteroatoms. The molecule has 0 aromatic heterocycles. The number of β-lactam (4-membered cyclic amide) rings is 1. The fraction of sp³-hybridized carbons (Fsp3) is 0.303. The van der Waals surface area contributed by atoms with Crippen LogP contribution in [0.4, 0.5) is 10.1 Å². The molecule has 1 amide bonds. The summed E-state index contributed by atoms with van der Waals surface area (Å²) in [5.74, 6) is 4.25. The van der Waals surface area contributed by atoms with E-state index in [1.807, 2.05) is 0 Å². The molecule has 44 heavy (non-hydrogen) atoms. The Morgan fingerprint density at radius 3 is 2.18 bits per heavy atom. The summed E-state index contributed by atoms with van der Waals surface area (Å²) >= 11 is 0. The number of sulfonamides is 1. The number of hydrogen-bond acceptors (Lipinski definition) is 7. The number of amides is 1. The first-order valence-corrected chi connectivity index (χ1v) is 15.7. The number of rotatable bonds is 10. The van der Waals surface area contributed by atoms with Gasteiger partial charge in [-0.25, -0.2) is 12.8 Å². The molecule has 9 nitrogen and oxygen atoms in total. The maximum Gasteiger partial charge on any atom is 0.308 e. The molecule has 3 unspecified atom stereocenters. The van der Waals surface area contributed by atoms with E-state index in [1.165, 1.54) is 33.0 Å². The lowest BCUT2D eigenvalue weighted by Gasteiger charge is -2.48. The first-order valence-electron chi connectivity index (χ1n) is 13.9. The third-order valence-electron chi connectivity index (χ3n) is 7.23. The van der Waals surface area contributed by atoms with Gasteiger partial charge in [0.15, 0.2) is 0 Å². The van der Waals surface area contributed by atoms with Crippen molar-refractivity contribution in [3.8, 4) is 17.6 Å². The third kappa shape index (κ3) is 8.09. The highest BCUT2D eigenvalue weighted by Crippen LogP contribution is 2.46. The van der Waals surface area contributed by atoms with Crippen LogP contribution in [0.5, 0.6) is 5.75 Å². The number of anilines is 1. The number of nitrogens with zero attached hydrogens (tertiary/aromatic N) is 2. The molecule has 0 aliphatic carbocycles. The zero-order valence-electron chi connectivity index (χ0n) is 24.8. The maximum atomic E-state index is 13.6.